The van der Waals surface area contributed by atoms with Gasteiger partial charge in [-0.2, -0.15) is 0 Å². The Bertz CT molecular complexity index is 970. The van der Waals surface area contributed by atoms with Gasteiger partial charge in [-0.05, 0) is 51.9 Å². The third kappa shape index (κ3) is 3.16. The van der Waals surface area contributed by atoms with Crippen molar-refractivity contribution in [3.63, 3.8) is 0 Å². The molecule has 1 radical (unpaired) electrons. The van der Waals surface area contributed by atoms with Crippen LogP contribution >= 0.6 is 17.0 Å². The Hall–Kier alpha value is -0.877. The normalized spacial score (nSPS) is 16.9. The average molecular weight is 444 g/mol. The monoisotopic (exact) mass is 441 g/mol. The summed E-state index contributed by atoms with van der Waals surface area (Å²) in [7, 11) is 9.87. The van der Waals surface area contributed by atoms with Crippen LogP contribution in [-0.2, 0) is 27.3 Å². The van der Waals surface area contributed by atoms with Gasteiger partial charge in [-0.1, -0.05) is 66.2 Å². The first-order valence-electron chi connectivity index (χ1n) is 8.35. The van der Waals surface area contributed by atoms with Gasteiger partial charge in [0.2, 0.25) is 0 Å². The Morgan fingerprint density at radius 3 is 2.40 bits per heavy atom. The van der Waals surface area contributed by atoms with Crippen molar-refractivity contribution < 1.29 is 20.8 Å². The summed E-state index contributed by atoms with van der Waals surface area (Å²) >= 11 is -0.826. The van der Waals surface area contributed by atoms with Crippen LogP contribution in [0.3, 0.4) is 0 Å². The van der Waals surface area contributed by atoms with E-state index < -0.39 is 20.8 Å². The number of hydrogen-bond acceptors (Lipinski definition) is 0. The number of fused-ring (bicyclic) bond motifs is 1. The molecule has 0 fully saturated rings. The summed E-state index contributed by atoms with van der Waals surface area (Å²) in [5.41, 5.74) is 8.64. The van der Waals surface area contributed by atoms with E-state index in [0.29, 0.717) is 5.92 Å². The average Bonchev–Trinajstić information content (AvgIpc) is 3.17. The second kappa shape index (κ2) is 7.39. The molecule has 2 aliphatic carbocycles. The van der Waals surface area contributed by atoms with Crippen molar-refractivity contribution in [2.45, 2.75) is 19.3 Å². The van der Waals surface area contributed by atoms with Gasteiger partial charge in [0, 0.05) is 12.3 Å². The molecule has 3 aromatic carbocycles. The van der Waals surface area contributed by atoms with Crippen LogP contribution in [0.4, 0.5) is 0 Å². The molecule has 0 amide bonds. The summed E-state index contributed by atoms with van der Waals surface area (Å²) in [5.74, 6) is 0.492. The Kier molecular flexibility index (Phi) is 5.19. The van der Waals surface area contributed by atoms with Crippen molar-refractivity contribution in [2.24, 2.45) is 0 Å². The molecule has 0 spiro atoms. The predicted octanol–water partition coefficient (Wildman–Crippen LogP) is 6.87. The molecule has 5 rings (SSSR count). The second-order valence-electron chi connectivity index (χ2n) is 6.57. The summed E-state index contributed by atoms with van der Waals surface area (Å²) in [4.78, 5) is 0. The number of benzene rings is 3. The van der Waals surface area contributed by atoms with Crippen molar-refractivity contribution >= 4 is 33.9 Å². The Morgan fingerprint density at radius 2 is 1.60 bits per heavy atom. The summed E-state index contributed by atoms with van der Waals surface area (Å²) in [6.07, 6.45) is 5.76. The first-order valence-corrected chi connectivity index (χ1v) is 14.7. The zero-order chi connectivity index (χ0) is 17.4. The van der Waals surface area contributed by atoms with Gasteiger partial charge >= 0.3 is 37.9 Å². The molecule has 2 aliphatic rings. The van der Waals surface area contributed by atoms with E-state index in [2.05, 4.69) is 74.0 Å². The van der Waals surface area contributed by atoms with E-state index in [0.717, 1.165) is 6.42 Å². The van der Waals surface area contributed by atoms with Gasteiger partial charge in [-0.3, -0.25) is 0 Å². The zero-order valence-electron chi connectivity index (χ0n) is 13.9. The SMILES string of the molecule is CC1=Cc2c(cccc2C2Cc3cccc4cccc2c34)[CH]1.[Cl][Zr][Cl]. The van der Waals surface area contributed by atoms with E-state index in [9.17, 15) is 0 Å². The topological polar surface area (TPSA) is 0 Å². The van der Waals surface area contributed by atoms with Crippen molar-refractivity contribution in [1.29, 1.82) is 0 Å². The van der Waals surface area contributed by atoms with Crippen LogP contribution in [0.1, 0.15) is 40.7 Å². The fraction of sp³-hybridized carbons (Fsp3) is 0.136. The number of halogens is 2. The van der Waals surface area contributed by atoms with Gasteiger partial charge in [-0.25, -0.2) is 0 Å². The molecule has 3 heteroatoms. The van der Waals surface area contributed by atoms with Gasteiger partial charge in [-0.15, -0.1) is 0 Å². The molecule has 25 heavy (non-hydrogen) atoms. The summed E-state index contributed by atoms with van der Waals surface area (Å²) in [5, 5.41) is 2.86. The van der Waals surface area contributed by atoms with E-state index in [1.165, 1.54) is 44.2 Å². The molecule has 0 heterocycles. The van der Waals surface area contributed by atoms with Crippen molar-refractivity contribution in [3.8, 4) is 0 Å². The van der Waals surface area contributed by atoms with Crippen molar-refractivity contribution in [1.82, 2.24) is 0 Å². The first-order chi connectivity index (χ1) is 12.2. The van der Waals surface area contributed by atoms with Crippen molar-refractivity contribution in [3.05, 3.63) is 94.4 Å². The van der Waals surface area contributed by atoms with Crippen LogP contribution in [0.2, 0.25) is 0 Å². The maximum atomic E-state index is 4.93. The van der Waals surface area contributed by atoms with Gasteiger partial charge in [0.25, 0.3) is 0 Å². The molecule has 3 aromatic rings. The van der Waals surface area contributed by atoms with Crippen molar-refractivity contribution in [2.75, 3.05) is 0 Å². The third-order valence-corrected chi connectivity index (χ3v) is 5.13. The zero-order valence-corrected chi connectivity index (χ0v) is 17.9. The molecular weight excluding hydrogens is 426 g/mol. The summed E-state index contributed by atoms with van der Waals surface area (Å²) in [6.45, 7) is 2.19. The molecule has 123 valence electrons. The fourth-order valence-electron chi connectivity index (χ4n) is 4.23. The maximum absolute atomic E-state index is 4.93. The summed E-state index contributed by atoms with van der Waals surface area (Å²) in [6, 6.07) is 20.2. The fourth-order valence-corrected chi connectivity index (χ4v) is 4.23. The molecule has 1 atom stereocenters. The van der Waals surface area contributed by atoms with Gasteiger partial charge < -0.3 is 0 Å². The predicted molar refractivity (Wildman–Crippen MR) is 105 cm³/mol. The van der Waals surface area contributed by atoms with Crippen LogP contribution in [0.15, 0.2) is 60.2 Å². The molecular formula is C22H17Cl2Zr. The van der Waals surface area contributed by atoms with E-state index in [1.807, 2.05) is 0 Å². The van der Waals surface area contributed by atoms with Gasteiger partial charge in [0.15, 0.2) is 0 Å². The minimum absolute atomic E-state index is 0.492. The summed E-state index contributed by atoms with van der Waals surface area (Å²) < 4.78 is 0. The Morgan fingerprint density at radius 1 is 0.920 bits per heavy atom. The second-order valence-corrected chi connectivity index (χ2v) is 10.3. The van der Waals surface area contributed by atoms with Crippen LogP contribution < -0.4 is 0 Å². The minimum atomic E-state index is -0.826. The van der Waals surface area contributed by atoms with E-state index in [1.54, 1.807) is 0 Å². The molecule has 0 N–H and O–H groups in total. The molecule has 0 aliphatic heterocycles. The van der Waals surface area contributed by atoms with E-state index in [-0.39, 0.29) is 0 Å². The van der Waals surface area contributed by atoms with Crippen LogP contribution in [0.5, 0.6) is 0 Å². The quantitative estimate of drug-likeness (QED) is 0.385. The molecule has 0 aromatic heterocycles. The van der Waals surface area contributed by atoms with Crippen LogP contribution in [0, 0.1) is 6.42 Å². The number of rotatable bonds is 1. The van der Waals surface area contributed by atoms with Crippen LogP contribution in [-0.4, -0.2) is 0 Å². The Labute approximate surface area is 167 Å². The molecule has 0 saturated heterocycles. The first kappa shape index (κ1) is 17.5. The standard InChI is InChI=1S/C22H17.2ClH.Zr/c1-14-11-16-7-4-9-18(20(16)12-14)21-13-17-8-2-5-15-6-3-10-19(21)22(15)17;;;/h2-12,21H,13H2,1H3;2*1H;/q;;;+2/p-2. The van der Waals surface area contributed by atoms with Crippen LogP contribution in [0.25, 0.3) is 16.8 Å². The Balaban J connectivity index is 0.000000490. The van der Waals surface area contributed by atoms with Gasteiger partial charge in [0.1, 0.15) is 0 Å². The number of hydrogen-bond donors (Lipinski definition) is 0. The molecule has 0 saturated carbocycles. The van der Waals surface area contributed by atoms with Gasteiger partial charge in [0.05, 0.1) is 0 Å². The molecule has 1 unspecified atom stereocenters. The van der Waals surface area contributed by atoms with E-state index in [4.69, 9.17) is 17.0 Å². The molecule has 0 bridgehead atoms. The molecule has 0 nitrogen and oxygen atoms in total. The third-order valence-electron chi connectivity index (χ3n) is 5.13. The number of allylic oxidation sites excluding steroid dienone is 1. The van der Waals surface area contributed by atoms with E-state index >= 15 is 0 Å².